The normalized spacial score (nSPS) is 18.8. The van der Waals surface area contributed by atoms with Crippen LogP contribution in [0.5, 0.6) is 0 Å². The highest BCUT2D eigenvalue weighted by Gasteiger charge is 2.33. The van der Waals surface area contributed by atoms with Crippen LogP contribution in [0, 0.1) is 0 Å². The van der Waals surface area contributed by atoms with Gasteiger partial charge in [-0.25, -0.2) is 16.8 Å². The van der Waals surface area contributed by atoms with Gasteiger partial charge in [-0.2, -0.15) is 4.31 Å². The molecule has 1 aliphatic carbocycles. The molecule has 0 saturated heterocycles. The van der Waals surface area contributed by atoms with Gasteiger partial charge in [-0.3, -0.25) is 0 Å². The number of sulfonamides is 1. The molecule has 0 atom stereocenters. The standard InChI is InChI=1S/C10H21N3O5S2/c1-19(15,16)6-7-20(17,18)13(8-10(11)12-14)9-4-2-3-5-9/h9,14H,2-8H2,1H3,(H2,11,12). The molecule has 1 aliphatic rings. The van der Waals surface area contributed by atoms with E-state index in [-0.39, 0.29) is 18.4 Å². The Labute approximate surface area is 119 Å². The Morgan fingerprint density at radius 3 is 2.25 bits per heavy atom. The molecule has 0 aromatic rings. The summed E-state index contributed by atoms with van der Waals surface area (Å²) in [4.78, 5) is 0. The molecular formula is C10H21N3O5S2. The molecule has 8 nitrogen and oxygen atoms in total. The Balaban J connectivity index is 2.90. The predicted molar refractivity (Wildman–Crippen MR) is 75.9 cm³/mol. The maximum atomic E-state index is 12.3. The first-order valence-corrected chi connectivity index (χ1v) is 9.96. The highest BCUT2D eigenvalue weighted by Crippen LogP contribution is 2.25. The molecule has 118 valence electrons. The molecule has 0 radical (unpaired) electrons. The van der Waals surface area contributed by atoms with Gasteiger partial charge in [0.05, 0.1) is 18.1 Å². The van der Waals surface area contributed by atoms with Gasteiger partial charge in [0.2, 0.25) is 10.0 Å². The van der Waals surface area contributed by atoms with Gasteiger partial charge in [0.25, 0.3) is 0 Å². The molecule has 1 saturated carbocycles. The van der Waals surface area contributed by atoms with E-state index in [1.807, 2.05) is 0 Å². The maximum absolute atomic E-state index is 12.3. The third-order valence-electron chi connectivity index (χ3n) is 3.25. The van der Waals surface area contributed by atoms with Crippen molar-refractivity contribution in [2.45, 2.75) is 31.7 Å². The molecule has 1 rings (SSSR count). The summed E-state index contributed by atoms with van der Waals surface area (Å²) < 4.78 is 48.0. The number of sulfone groups is 1. The molecule has 0 amide bonds. The zero-order valence-electron chi connectivity index (χ0n) is 11.4. The Morgan fingerprint density at radius 2 is 1.80 bits per heavy atom. The van der Waals surface area contributed by atoms with E-state index in [0.717, 1.165) is 19.1 Å². The van der Waals surface area contributed by atoms with Gasteiger partial charge in [0.15, 0.2) is 5.84 Å². The second-order valence-electron chi connectivity index (χ2n) is 5.02. The molecule has 10 heteroatoms. The largest absolute Gasteiger partial charge is 0.409 e. The monoisotopic (exact) mass is 327 g/mol. The van der Waals surface area contributed by atoms with Gasteiger partial charge in [0.1, 0.15) is 9.84 Å². The van der Waals surface area contributed by atoms with Crippen LogP contribution in [-0.2, 0) is 19.9 Å². The van der Waals surface area contributed by atoms with Crippen LogP contribution in [0.15, 0.2) is 5.16 Å². The van der Waals surface area contributed by atoms with Crippen molar-refractivity contribution < 1.29 is 22.0 Å². The first kappa shape index (κ1) is 17.2. The molecule has 3 N–H and O–H groups in total. The summed E-state index contributed by atoms with van der Waals surface area (Å²) in [6.07, 6.45) is 4.23. The zero-order chi connectivity index (χ0) is 15.4. The third-order valence-corrected chi connectivity index (χ3v) is 6.31. The molecule has 0 heterocycles. The fourth-order valence-electron chi connectivity index (χ4n) is 2.21. The average Bonchev–Trinajstić information content (AvgIpc) is 2.85. The van der Waals surface area contributed by atoms with E-state index in [2.05, 4.69) is 5.16 Å². The quantitative estimate of drug-likeness (QED) is 0.277. The van der Waals surface area contributed by atoms with Crippen LogP contribution in [0.2, 0.25) is 0 Å². The summed E-state index contributed by atoms with van der Waals surface area (Å²) in [7, 11) is -7.13. The van der Waals surface area contributed by atoms with E-state index in [9.17, 15) is 16.8 Å². The number of amidine groups is 1. The fourth-order valence-corrected chi connectivity index (χ4v) is 5.49. The van der Waals surface area contributed by atoms with E-state index < -0.39 is 31.4 Å². The van der Waals surface area contributed by atoms with Crippen molar-refractivity contribution in [1.82, 2.24) is 4.31 Å². The minimum absolute atomic E-state index is 0.208. The van der Waals surface area contributed by atoms with E-state index >= 15 is 0 Å². The minimum Gasteiger partial charge on any atom is -0.409 e. The number of hydrogen-bond donors (Lipinski definition) is 2. The molecule has 0 aliphatic heterocycles. The van der Waals surface area contributed by atoms with Crippen molar-refractivity contribution in [3.05, 3.63) is 0 Å². The highest BCUT2D eigenvalue weighted by molar-refractivity contribution is 7.93. The second kappa shape index (κ2) is 6.72. The molecule has 20 heavy (non-hydrogen) atoms. The SMILES string of the molecule is CS(=O)(=O)CCS(=O)(=O)N(CC(N)=NO)C1CCCC1. The Morgan fingerprint density at radius 1 is 1.25 bits per heavy atom. The van der Waals surface area contributed by atoms with Crippen LogP contribution >= 0.6 is 0 Å². The smallest absolute Gasteiger partial charge is 0.215 e. The Kier molecular flexibility index (Phi) is 5.78. The molecule has 1 fully saturated rings. The molecule has 0 spiro atoms. The summed E-state index contributed by atoms with van der Waals surface area (Å²) in [5.74, 6) is -1.13. The van der Waals surface area contributed by atoms with Gasteiger partial charge in [-0.05, 0) is 12.8 Å². The number of nitrogens with zero attached hydrogens (tertiary/aromatic N) is 2. The fraction of sp³-hybridized carbons (Fsp3) is 0.900. The molecule has 0 aromatic carbocycles. The van der Waals surface area contributed by atoms with Crippen LogP contribution in [0.25, 0.3) is 0 Å². The van der Waals surface area contributed by atoms with Gasteiger partial charge >= 0.3 is 0 Å². The number of rotatable bonds is 7. The molecule has 0 bridgehead atoms. The first-order valence-electron chi connectivity index (χ1n) is 6.29. The minimum atomic E-state index is -3.76. The molecule has 0 aromatic heterocycles. The zero-order valence-corrected chi connectivity index (χ0v) is 13.0. The lowest BCUT2D eigenvalue weighted by Crippen LogP contribution is -2.45. The maximum Gasteiger partial charge on any atom is 0.215 e. The lowest BCUT2D eigenvalue weighted by molar-refractivity contribution is 0.308. The van der Waals surface area contributed by atoms with Crippen LogP contribution in [0.3, 0.4) is 0 Å². The van der Waals surface area contributed by atoms with Gasteiger partial charge in [-0.15, -0.1) is 0 Å². The first-order chi connectivity index (χ1) is 9.15. The summed E-state index contributed by atoms with van der Waals surface area (Å²) in [6.45, 7) is -0.215. The number of hydrogen-bond acceptors (Lipinski definition) is 6. The highest BCUT2D eigenvalue weighted by atomic mass is 32.2. The van der Waals surface area contributed by atoms with E-state index in [1.54, 1.807) is 0 Å². The van der Waals surface area contributed by atoms with Crippen LogP contribution in [0.4, 0.5) is 0 Å². The summed E-state index contributed by atoms with van der Waals surface area (Å²) in [5, 5.41) is 11.4. The van der Waals surface area contributed by atoms with Crippen LogP contribution in [0.1, 0.15) is 25.7 Å². The third kappa shape index (κ3) is 5.25. The predicted octanol–water partition coefficient (Wildman–Crippen LogP) is -0.648. The van der Waals surface area contributed by atoms with Crippen molar-refractivity contribution >= 4 is 25.7 Å². The van der Waals surface area contributed by atoms with E-state index in [0.29, 0.717) is 12.8 Å². The molecular weight excluding hydrogens is 306 g/mol. The average molecular weight is 327 g/mol. The Bertz CT molecular complexity index is 549. The topological polar surface area (TPSA) is 130 Å². The van der Waals surface area contributed by atoms with Crippen LogP contribution < -0.4 is 5.73 Å². The van der Waals surface area contributed by atoms with E-state index in [1.165, 1.54) is 4.31 Å². The number of nitrogens with two attached hydrogens (primary N) is 1. The van der Waals surface area contributed by atoms with Gasteiger partial charge in [-0.1, -0.05) is 18.0 Å². The summed E-state index contributed by atoms with van der Waals surface area (Å²) in [5.41, 5.74) is 5.40. The second-order valence-corrected chi connectivity index (χ2v) is 9.32. The van der Waals surface area contributed by atoms with Crippen molar-refractivity contribution in [3.8, 4) is 0 Å². The number of oxime groups is 1. The summed E-state index contributed by atoms with van der Waals surface area (Å²) in [6, 6.07) is -0.208. The Hall–Kier alpha value is -0.870. The van der Waals surface area contributed by atoms with Gasteiger partial charge < -0.3 is 10.9 Å². The lowest BCUT2D eigenvalue weighted by Gasteiger charge is -2.27. The van der Waals surface area contributed by atoms with Crippen molar-refractivity contribution in [2.24, 2.45) is 10.9 Å². The summed E-state index contributed by atoms with van der Waals surface area (Å²) >= 11 is 0. The van der Waals surface area contributed by atoms with E-state index in [4.69, 9.17) is 10.9 Å². The van der Waals surface area contributed by atoms with Crippen molar-refractivity contribution in [2.75, 3.05) is 24.3 Å². The van der Waals surface area contributed by atoms with Crippen LogP contribution in [-0.4, -0.2) is 62.5 Å². The van der Waals surface area contributed by atoms with Gasteiger partial charge in [0, 0.05) is 12.3 Å². The lowest BCUT2D eigenvalue weighted by atomic mass is 10.2. The van der Waals surface area contributed by atoms with Crippen molar-refractivity contribution in [3.63, 3.8) is 0 Å². The van der Waals surface area contributed by atoms with Crippen molar-refractivity contribution in [1.29, 1.82) is 0 Å². The molecule has 0 unspecified atom stereocenters.